The number of hydrogen-bond donors (Lipinski definition) is 1. The van der Waals surface area contributed by atoms with Gasteiger partial charge in [-0.05, 0) is 43.3 Å². The average molecular weight is 454 g/mol. The molecule has 0 atom stereocenters. The molecule has 1 N–H and O–H groups in total. The van der Waals surface area contributed by atoms with Crippen molar-refractivity contribution in [1.82, 2.24) is 14.8 Å². The van der Waals surface area contributed by atoms with E-state index in [1.54, 1.807) is 19.1 Å². The zero-order valence-corrected chi connectivity index (χ0v) is 18.5. The summed E-state index contributed by atoms with van der Waals surface area (Å²) in [5.41, 5.74) is 2.99. The molecular weight excluding hydrogens is 434 g/mol. The van der Waals surface area contributed by atoms with Gasteiger partial charge < -0.3 is 4.74 Å². The molecule has 0 aliphatic rings. The third kappa shape index (κ3) is 4.51. The standard InChI is InChI=1S/C25H19N5O2S/c1-17-23(28-27-19-12-14-21(15-13-19)32-20-10-6-3-7-11-20)24(31)30(29-17)25-26-22(16-33-25)18-8-4-2-5-9-18/h2-16,29H,1H3. The molecule has 7 nitrogen and oxygen atoms in total. The van der Waals surface area contributed by atoms with Gasteiger partial charge in [0.1, 0.15) is 11.5 Å². The molecule has 0 saturated carbocycles. The zero-order valence-electron chi connectivity index (χ0n) is 17.7. The smallest absolute Gasteiger partial charge is 0.301 e. The topological polar surface area (TPSA) is 84.6 Å². The largest absolute Gasteiger partial charge is 0.457 e. The molecule has 0 aliphatic heterocycles. The van der Waals surface area contributed by atoms with Gasteiger partial charge in [0.05, 0.1) is 17.1 Å². The highest BCUT2D eigenvalue weighted by Crippen LogP contribution is 2.26. The molecule has 162 valence electrons. The maximum Gasteiger partial charge on any atom is 0.301 e. The normalized spacial score (nSPS) is 11.2. The van der Waals surface area contributed by atoms with E-state index in [4.69, 9.17) is 4.74 Å². The molecule has 5 rings (SSSR count). The average Bonchev–Trinajstić information content (AvgIpc) is 3.45. The monoisotopic (exact) mass is 453 g/mol. The SMILES string of the molecule is Cc1[nH]n(-c2nc(-c3ccccc3)cs2)c(=O)c1N=Nc1ccc(Oc2ccccc2)cc1. The third-order valence-electron chi connectivity index (χ3n) is 4.87. The fraction of sp³-hybridized carbons (Fsp3) is 0.0400. The lowest BCUT2D eigenvalue weighted by Gasteiger charge is -2.04. The van der Waals surface area contributed by atoms with Crippen LogP contribution in [0.4, 0.5) is 11.4 Å². The number of rotatable bonds is 6. The van der Waals surface area contributed by atoms with Gasteiger partial charge in [-0.25, -0.2) is 4.98 Å². The van der Waals surface area contributed by atoms with E-state index in [1.165, 1.54) is 16.0 Å². The first-order chi connectivity index (χ1) is 16.2. The van der Waals surface area contributed by atoms with Crippen molar-refractivity contribution in [2.45, 2.75) is 6.92 Å². The number of azo groups is 1. The van der Waals surface area contributed by atoms with Crippen LogP contribution in [0.1, 0.15) is 5.69 Å². The molecule has 0 fully saturated rings. The maximum atomic E-state index is 12.9. The van der Waals surface area contributed by atoms with Crippen molar-refractivity contribution >= 4 is 22.7 Å². The van der Waals surface area contributed by atoms with Crippen molar-refractivity contribution in [3.05, 3.63) is 106 Å². The summed E-state index contributed by atoms with van der Waals surface area (Å²) < 4.78 is 7.18. The van der Waals surface area contributed by atoms with Gasteiger partial charge in [0.25, 0.3) is 0 Å². The number of aryl methyl sites for hydroxylation is 1. The quantitative estimate of drug-likeness (QED) is 0.287. The maximum absolute atomic E-state index is 12.9. The summed E-state index contributed by atoms with van der Waals surface area (Å²) in [4.78, 5) is 17.5. The van der Waals surface area contributed by atoms with Crippen LogP contribution in [-0.2, 0) is 0 Å². The fourth-order valence-electron chi connectivity index (χ4n) is 3.21. The minimum Gasteiger partial charge on any atom is -0.457 e. The molecule has 0 aliphatic carbocycles. The Morgan fingerprint density at radius 1 is 0.879 bits per heavy atom. The first-order valence-electron chi connectivity index (χ1n) is 10.2. The van der Waals surface area contributed by atoms with Crippen LogP contribution < -0.4 is 10.3 Å². The molecule has 5 aromatic rings. The van der Waals surface area contributed by atoms with Gasteiger partial charge >= 0.3 is 5.56 Å². The number of nitrogens with zero attached hydrogens (tertiary/aromatic N) is 4. The summed E-state index contributed by atoms with van der Waals surface area (Å²) in [6, 6.07) is 26.6. The highest BCUT2D eigenvalue weighted by atomic mass is 32.1. The van der Waals surface area contributed by atoms with Crippen LogP contribution >= 0.6 is 11.3 Å². The Morgan fingerprint density at radius 2 is 1.55 bits per heavy atom. The summed E-state index contributed by atoms with van der Waals surface area (Å²) >= 11 is 1.38. The molecule has 0 amide bonds. The molecule has 0 spiro atoms. The van der Waals surface area contributed by atoms with E-state index in [0.717, 1.165) is 17.0 Å². The lowest BCUT2D eigenvalue weighted by molar-refractivity contribution is 0.483. The van der Waals surface area contributed by atoms with E-state index in [-0.39, 0.29) is 11.2 Å². The lowest BCUT2D eigenvalue weighted by Crippen LogP contribution is -2.13. The van der Waals surface area contributed by atoms with Gasteiger partial charge in [-0.15, -0.1) is 16.5 Å². The van der Waals surface area contributed by atoms with E-state index in [9.17, 15) is 4.79 Å². The number of H-pyrrole nitrogens is 1. The summed E-state index contributed by atoms with van der Waals surface area (Å²) in [7, 11) is 0. The number of thiazole rings is 1. The fourth-order valence-corrected chi connectivity index (χ4v) is 4.00. The minimum absolute atomic E-state index is 0.246. The van der Waals surface area contributed by atoms with Gasteiger partial charge in [-0.3, -0.25) is 9.89 Å². The second-order valence-electron chi connectivity index (χ2n) is 7.22. The van der Waals surface area contributed by atoms with Crippen LogP contribution in [-0.4, -0.2) is 14.8 Å². The lowest BCUT2D eigenvalue weighted by atomic mass is 10.2. The molecule has 2 aromatic heterocycles. The summed E-state index contributed by atoms with van der Waals surface area (Å²) in [5.74, 6) is 1.45. The highest BCUT2D eigenvalue weighted by molar-refractivity contribution is 7.12. The molecule has 2 heterocycles. The predicted octanol–water partition coefficient (Wildman–Crippen LogP) is 6.81. The van der Waals surface area contributed by atoms with Gasteiger partial charge in [-0.2, -0.15) is 9.80 Å². The Balaban J connectivity index is 1.35. The highest BCUT2D eigenvalue weighted by Gasteiger charge is 2.15. The van der Waals surface area contributed by atoms with Crippen molar-refractivity contribution in [2.75, 3.05) is 0 Å². The Labute approximate surface area is 193 Å². The zero-order chi connectivity index (χ0) is 22.6. The molecule has 0 unspecified atom stereocenters. The predicted molar refractivity (Wildman–Crippen MR) is 129 cm³/mol. The van der Waals surface area contributed by atoms with Gasteiger partial charge in [0.2, 0.25) is 5.13 Å². The minimum atomic E-state index is -0.297. The molecule has 8 heteroatoms. The van der Waals surface area contributed by atoms with Crippen LogP contribution in [0.25, 0.3) is 16.4 Å². The van der Waals surface area contributed by atoms with Crippen molar-refractivity contribution in [3.8, 4) is 27.9 Å². The van der Waals surface area contributed by atoms with E-state index in [1.807, 2.05) is 78.2 Å². The Hall–Kier alpha value is -4.30. The number of hydrogen-bond acceptors (Lipinski definition) is 6. The molecular formula is C25H19N5O2S. The number of aromatic amines is 1. The second kappa shape index (κ2) is 9.05. The number of ether oxygens (including phenoxy) is 1. The number of aromatic nitrogens is 3. The van der Waals surface area contributed by atoms with Crippen molar-refractivity contribution in [1.29, 1.82) is 0 Å². The molecule has 0 radical (unpaired) electrons. The van der Waals surface area contributed by atoms with Crippen LogP contribution in [0.2, 0.25) is 0 Å². The summed E-state index contributed by atoms with van der Waals surface area (Å²) in [6.07, 6.45) is 0. The summed E-state index contributed by atoms with van der Waals surface area (Å²) in [5, 5.41) is 13.9. The second-order valence-corrected chi connectivity index (χ2v) is 8.05. The molecule has 0 saturated heterocycles. The number of para-hydroxylation sites is 1. The van der Waals surface area contributed by atoms with Crippen molar-refractivity contribution < 1.29 is 4.74 Å². The Morgan fingerprint density at radius 3 is 2.27 bits per heavy atom. The van der Waals surface area contributed by atoms with Crippen LogP contribution in [0.15, 0.2) is 105 Å². The van der Waals surface area contributed by atoms with Crippen molar-refractivity contribution in [3.63, 3.8) is 0 Å². The van der Waals surface area contributed by atoms with E-state index < -0.39 is 0 Å². The Kier molecular flexibility index (Phi) is 5.65. The van der Waals surface area contributed by atoms with Gasteiger partial charge in [-0.1, -0.05) is 48.5 Å². The summed E-state index contributed by atoms with van der Waals surface area (Å²) in [6.45, 7) is 1.79. The molecule has 33 heavy (non-hydrogen) atoms. The first kappa shape index (κ1) is 20.6. The Bertz CT molecular complexity index is 1450. The van der Waals surface area contributed by atoms with Crippen LogP contribution in [0.3, 0.4) is 0 Å². The van der Waals surface area contributed by atoms with Gasteiger partial charge in [0, 0.05) is 10.9 Å². The number of benzene rings is 3. The van der Waals surface area contributed by atoms with E-state index in [0.29, 0.717) is 22.3 Å². The number of nitrogens with one attached hydrogen (secondary N) is 1. The van der Waals surface area contributed by atoms with Gasteiger partial charge in [0.15, 0.2) is 5.69 Å². The molecule has 3 aromatic carbocycles. The third-order valence-corrected chi connectivity index (χ3v) is 5.70. The van der Waals surface area contributed by atoms with Crippen LogP contribution in [0, 0.1) is 6.92 Å². The first-order valence-corrected chi connectivity index (χ1v) is 11.1. The van der Waals surface area contributed by atoms with E-state index >= 15 is 0 Å². The van der Waals surface area contributed by atoms with Crippen molar-refractivity contribution in [2.24, 2.45) is 10.2 Å². The molecule has 0 bridgehead atoms. The van der Waals surface area contributed by atoms with Crippen LogP contribution in [0.5, 0.6) is 11.5 Å². The van der Waals surface area contributed by atoms with E-state index in [2.05, 4.69) is 20.3 Å².